The third-order valence-electron chi connectivity index (χ3n) is 2.06. The fraction of sp³-hybridized carbons (Fsp3) is 0.200. The molecule has 0 bridgehead atoms. The van der Waals surface area contributed by atoms with Gasteiger partial charge in [0.05, 0.1) is 5.92 Å². The predicted octanol–water partition coefficient (Wildman–Crippen LogP) is 2.20. The number of halogens is 3. The van der Waals surface area contributed by atoms with Crippen LogP contribution in [-0.2, 0) is 4.79 Å². The highest BCUT2D eigenvalue weighted by Gasteiger charge is 2.47. The Kier molecular flexibility index (Phi) is 3.18. The van der Waals surface area contributed by atoms with Crippen molar-refractivity contribution in [2.75, 3.05) is 0 Å². The minimum atomic E-state index is -3.19. The van der Waals surface area contributed by atoms with Crippen molar-refractivity contribution in [3.05, 3.63) is 36.0 Å². The highest BCUT2D eigenvalue weighted by Crippen LogP contribution is 2.40. The molecule has 1 rings (SSSR count). The predicted molar refractivity (Wildman–Crippen MR) is 48.1 cm³/mol. The van der Waals surface area contributed by atoms with Gasteiger partial charge < -0.3 is 5.11 Å². The second-order valence-electron chi connectivity index (χ2n) is 3.06. The zero-order valence-electron chi connectivity index (χ0n) is 7.82. The van der Waals surface area contributed by atoms with Gasteiger partial charge in [-0.15, -0.1) is 0 Å². The van der Waals surface area contributed by atoms with Gasteiger partial charge in [0.2, 0.25) is 0 Å². The Morgan fingerprint density at radius 2 is 2.19 bits per heavy atom. The SMILES string of the molecule is N#CC1(F)C(F)=CC=C(F)C1/C=C/C(=O)O. The van der Waals surface area contributed by atoms with E-state index in [1.165, 1.54) is 0 Å². The van der Waals surface area contributed by atoms with Crippen LogP contribution >= 0.6 is 0 Å². The van der Waals surface area contributed by atoms with Crippen LogP contribution in [0.15, 0.2) is 36.0 Å². The molecule has 2 atom stereocenters. The molecule has 2 unspecified atom stereocenters. The molecule has 1 aliphatic carbocycles. The van der Waals surface area contributed by atoms with E-state index in [1.807, 2.05) is 0 Å². The second kappa shape index (κ2) is 4.23. The zero-order chi connectivity index (χ0) is 12.3. The fourth-order valence-electron chi connectivity index (χ4n) is 1.24. The molecular formula is C10H6F3NO2. The molecule has 1 aliphatic rings. The lowest BCUT2D eigenvalue weighted by atomic mass is 9.84. The van der Waals surface area contributed by atoms with Crippen molar-refractivity contribution in [1.82, 2.24) is 0 Å². The summed E-state index contributed by atoms with van der Waals surface area (Å²) in [4.78, 5) is 10.2. The lowest BCUT2D eigenvalue weighted by Gasteiger charge is -2.25. The minimum absolute atomic E-state index is 0.461. The number of allylic oxidation sites excluding steroid dienone is 5. The molecule has 0 amide bonds. The molecule has 0 radical (unpaired) electrons. The van der Waals surface area contributed by atoms with Gasteiger partial charge in [-0.2, -0.15) is 5.26 Å². The maximum atomic E-state index is 13.7. The van der Waals surface area contributed by atoms with E-state index in [2.05, 4.69) is 0 Å². The number of hydrogen-bond acceptors (Lipinski definition) is 2. The van der Waals surface area contributed by atoms with Gasteiger partial charge in [0, 0.05) is 6.08 Å². The molecular weight excluding hydrogens is 223 g/mol. The summed E-state index contributed by atoms with van der Waals surface area (Å²) in [5, 5.41) is 16.8. The molecule has 0 spiro atoms. The van der Waals surface area contributed by atoms with E-state index in [0.717, 1.165) is 6.07 Å². The minimum Gasteiger partial charge on any atom is -0.478 e. The topological polar surface area (TPSA) is 61.1 Å². The number of nitrogens with zero attached hydrogens (tertiary/aromatic N) is 1. The molecule has 0 aromatic carbocycles. The van der Waals surface area contributed by atoms with Gasteiger partial charge in [-0.25, -0.2) is 18.0 Å². The molecule has 0 heterocycles. The Morgan fingerprint density at radius 3 is 2.69 bits per heavy atom. The zero-order valence-corrected chi connectivity index (χ0v) is 7.82. The lowest BCUT2D eigenvalue weighted by molar-refractivity contribution is -0.131. The quantitative estimate of drug-likeness (QED) is 0.738. The molecule has 0 saturated heterocycles. The first-order valence-corrected chi connectivity index (χ1v) is 4.16. The highest BCUT2D eigenvalue weighted by molar-refractivity contribution is 5.79. The molecule has 1 N–H and O–H groups in total. The van der Waals surface area contributed by atoms with E-state index in [0.29, 0.717) is 24.3 Å². The maximum Gasteiger partial charge on any atom is 0.328 e. The molecule has 16 heavy (non-hydrogen) atoms. The number of aliphatic carboxylic acids is 1. The van der Waals surface area contributed by atoms with Gasteiger partial charge in [-0.3, -0.25) is 0 Å². The van der Waals surface area contributed by atoms with Gasteiger partial charge in [-0.05, 0) is 12.2 Å². The number of carboxylic acid groups (broad SMARTS) is 1. The molecule has 3 nitrogen and oxygen atoms in total. The molecule has 0 aromatic heterocycles. The Bertz CT molecular complexity index is 447. The molecule has 0 aliphatic heterocycles. The standard InChI is InChI=1S/C10H6F3NO2/c11-7-2-3-8(12)10(13,5-14)6(7)1-4-9(15)16/h1-4,6H,(H,15,16)/b4-1+. The Morgan fingerprint density at radius 1 is 1.56 bits per heavy atom. The van der Waals surface area contributed by atoms with E-state index in [4.69, 9.17) is 10.4 Å². The first-order valence-electron chi connectivity index (χ1n) is 4.16. The van der Waals surface area contributed by atoms with Crippen LogP contribution < -0.4 is 0 Å². The van der Waals surface area contributed by atoms with E-state index in [9.17, 15) is 18.0 Å². The first kappa shape index (κ1) is 12.0. The highest BCUT2D eigenvalue weighted by atomic mass is 19.2. The van der Waals surface area contributed by atoms with Crippen LogP contribution in [0.3, 0.4) is 0 Å². The van der Waals surface area contributed by atoms with Crippen LogP contribution in [0.25, 0.3) is 0 Å². The Balaban J connectivity index is 3.16. The summed E-state index contributed by atoms with van der Waals surface area (Å²) in [6.07, 6.45) is 2.22. The van der Waals surface area contributed by atoms with E-state index in [1.54, 1.807) is 0 Å². The summed E-state index contributed by atoms with van der Waals surface area (Å²) in [6, 6.07) is 0.999. The van der Waals surface area contributed by atoms with Crippen molar-refractivity contribution in [2.24, 2.45) is 5.92 Å². The van der Waals surface area contributed by atoms with Crippen LogP contribution in [-0.4, -0.2) is 16.7 Å². The fourth-order valence-corrected chi connectivity index (χ4v) is 1.24. The summed E-state index contributed by atoms with van der Waals surface area (Å²) in [5.41, 5.74) is -3.19. The third-order valence-corrected chi connectivity index (χ3v) is 2.06. The Hall–Kier alpha value is -2.03. The number of carbonyl (C=O) groups is 1. The van der Waals surface area contributed by atoms with Gasteiger partial charge in [0.15, 0.2) is 5.83 Å². The van der Waals surface area contributed by atoms with Gasteiger partial charge >= 0.3 is 5.97 Å². The van der Waals surface area contributed by atoms with Crippen LogP contribution in [0, 0.1) is 17.2 Å². The van der Waals surface area contributed by atoms with E-state index in [-0.39, 0.29) is 0 Å². The number of rotatable bonds is 2. The molecule has 0 aromatic rings. The second-order valence-corrected chi connectivity index (χ2v) is 3.06. The monoisotopic (exact) mass is 229 g/mol. The van der Waals surface area contributed by atoms with Crippen LogP contribution in [0.5, 0.6) is 0 Å². The number of carboxylic acids is 1. The van der Waals surface area contributed by atoms with Crippen molar-refractivity contribution in [2.45, 2.75) is 5.67 Å². The smallest absolute Gasteiger partial charge is 0.328 e. The van der Waals surface area contributed by atoms with Crippen LogP contribution in [0.2, 0.25) is 0 Å². The van der Waals surface area contributed by atoms with Crippen molar-refractivity contribution in [3.8, 4) is 6.07 Å². The van der Waals surface area contributed by atoms with Crippen molar-refractivity contribution < 1.29 is 23.1 Å². The van der Waals surface area contributed by atoms with Crippen LogP contribution in [0.1, 0.15) is 0 Å². The largest absolute Gasteiger partial charge is 0.478 e. The van der Waals surface area contributed by atoms with Gasteiger partial charge in [0.1, 0.15) is 11.9 Å². The normalized spacial score (nSPS) is 29.5. The van der Waals surface area contributed by atoms with Gasteiger partial charge in [-0.1, -0.05) is 6.08 Å². The van der Waals surface area contributed by atoms with Crippen molar-refractivity contribution in [1.29, 1.82) is 5.26 Å². The van der Waals surface area contributed by atoms with Crippen molar-refractivity contribution >= 4 is 5.97 Å². The first-order chi connectivity index (χ1) is 7.41. The third kappa shape index (κ3) is 1.98. The summed E-state index contributed by atoms with van der Waals surface area (Å²) in [5.74, 6) is -5.87. The molecule has 0 fully saturated rings. The van der Waals surface area contributed by atoms with Crippen molar-refractivity contribution in [3.63, 3.8) is 0 Å². The molecule has 6 heteroatoms. The lowest BCUT2D eigenvalue weighted by Crippen LogP contribution is -2.33. The van der Waals surface area contributed by atoms with Gasteiger partial charge in [0.25, 0.3) is 5.67 Å². The maximum absolute atomic E-state index is 13.7. The van der Waals surface area contributed by atoms with E-state index < -0.39 is 29.2 Å². The summed E-state index contributed by atoms with van der Waals surface area (Å²) in [7, 11) is 0. The summed E-state index contributed by atoms with van der Waals surface area (Å²) >= 11 is 0. The van der Waals surface area contributed by atoms with E-state index >= 15 is 0 Å². The average Bonchev–Trinajstić information content (AvgIpc) is 2.23. The number of alkyl halides is 1. The average molecular weight is 229 g/mol. The molecule has 84 valence electrons. The Labute approximate surface area is 88.8 Å². The number of nitriles is 1. The van der Waals surface area contributed by atoms with Crippen LogP contribution in [0.4, 0.5) is 13.2 Å². The molecule has 0 saturated carbocycles. The summed E-state index contributed by atoms with van der Waals surface area (Å²) in [6.45, 7) is 0. The summed E-state index contributed by atoms with van der Waals surface area (Å²) < 4.78 is 40.0. The number of hydrogen-bond donors (Lipinski definition) is 1.